The van der Waals surface area contributed by atoms with Gasteiger partial charge in [0.05, 0.1) is 6.04 Å². The summed E-state index contributed by atoms with van der Waals surface area (Å²) < 4.78 is 0. The number of nitrogens with one attached hydrogen (secondary N) is 2. The zero-order valence-electron chi connectivity index (χ0n) is 12.0. The SMILES string of the molecule is CCc1cnc(C(C)NC(=O)NCC(C)CC(=O)O)s1. The van der Waals surface area contributed by atoms with Crippen molar-refractivity contribution in [2.45, 2.75) is 39.7 Å². The first-order valence-electron chi connectivity index (χ1n) is 6.63. The number of thiazole rings is 1. The molecule has 112 valence electrons. The van der Waals surface area contributed by atoms with Gasteiger partial charge in [-0.1, -0.05) is 13.8 Å². The maximum Gasteiger partial charge on any atom is 0.315 e. The van der Waals surface area contributed by atoms with E-state index in [1.54, 1.807) is 18.3 Å². The van der Waals surface area contributed by atoms with Crippen molar-refractivity contribution < 1.29 is 14.7 Å². The van der Waals surface area contributed by atoms with Crippen LogP contribution in [0, 0.1) is 5.92 Å². The van der Waals surface area contributed by atoms with E-state index in [0.717, 1.165) is 11.4 Å². The maximum atomic E-state index is 11.7. The highest BCUT2D eigenvalue weighted by atomic mass is 32.1. The van der Waals surface area contributed by atoms with Gasteiger partial charge in [0.2, 0.25) is 0 Å². The molecule has 0 aromatic carbocycles. The minimum absolute atomic E-state index is 0.0438. The van der Waals surface area contributed by atoms with Gasteiger partial charge < -0.3 is 15.7 Å². The van der Waals surface area contributed by atoms with Crippen LogP contribution in [0.15, 0.2) is 6.20 Å². The van der Waals surface area contributed by atoms with Gasteiger partial charge in [-0.3, -0.25) is 4.79 Å². The van der Waals surface area contributed by atoms with E-state index in [0.29, 0.717) is 6.54 Å². The first-order chi connectivity index (χ1) is 9.42. The molecular formula is C13H21N3O3S. The maximum absolute atomic E-state index is 11.7. The summed E-state index contributed by atoms with van der Waals surface area (Å²) in [5.74, 6) is -0.955. The second-order valence-electron chi connectivity index (χ2n) is 4.80. The fraction of sp³-hybridized carbons (Fsp3) is 0.615. The summed E-state index contributed by atoms with van der Waals surface area (Å²) in [5.41, 5.74) is 0. The number of carboxylic acid groups (broad SMARTS) is 1. The van der Waals surface area contributed by atoms with Crippen molar-refractivity contribution in [2.75, 3.05) is 6.54 Å². The van der Waals surface area contributed by atoms with Gasteiger partial charge in [-0.2, -0.15) is 0 Å². The van der Waals surface area contributed by atoms with Crippen molar-refractivity contribution in [3.8, 4) is 0 Å². The molecule has 0 saturated heterocycles. The minimum atomic E-state index is -0.858. The summed E-state index contributed by atoms with van der Waals surface area (Å²) in [7, 11) is 0. The normalized spacial score (nSPS) is 13.6. The lowest BCUT2D eigenvalue weighted by molar-refractivity contribution is -0.137. The van der Waals surface area contributed by atoms with E-state index in [1.807, 2.05) is 13.1 Å². The molecule has 0 fully saturated rings. The topological polar surface area (TPSA) is 91.3 Å². The summed E-state index contributed by atoms with van der Waals surface area (Å²) in [6.45, 7) is 6.06. The van der Waals surface area contributed by atoms with Crippen LogP contribution in [0.25, 0.3) is 0 Å². The van der Waals surface area contributed by atoms with E-state index in [2.05, 4.69) is 22.5 Å². The van der Waals surface area contributed by atoms with Crippen molar-refractivity contribution in [2.24, 2.45) is 5.92 Å². The number of aromatic nitrogens is 1. The summed E-state index contributed by atoms with van der Waals surface area (Å²) in [6.07, 6.45) is 2.80. The molecule has 2 unspecified atom stereocenters. The van der Waals surface area contributed by atoms with Gasteiger partial charge in [0.1, 0.15) is 5.01 Å². The Kier molecular flexibility index (Phi) is 6.44. The van der Waals surface area contributed by atoms with Crippen LogP contribution in [-0.4, -0.2) is 28.6 Å². The third-order valence-corrected chi connectivity index (χ3v) is 4.10. The highest BCUT2D eigenvalue weighted by Crippen LogP contribution is 2.19. The smallest absolute Gasteiger partial charge is 0.315 e. The summed E-state index contributed by atoms with van der Waals surface area (Å²) in [6, 6.07) is -0.460. The van der Waals surface area contributed by atoms with Gasteiger partial charge in [-0.25, -0.2) is 9.78 Å². The lowest BCUT2D eigenvalue weighted by Gasteiger charge is -2.14. The van der Waals surface area contributed by atoms with Crippen LogP contribution in [0.1, 0.15) is 43.1 Å². The van der Waals surface area contributed by atoms with Crippen LogP contribution in [-0.2, 0) is 11.2 Å². The van der Waals surface area contributed by atoms with E-state index in [9.17, 15) is 9.59 Å². The minimum Gasteiger partial charge on any atom is -0.481 e. The number of carboxylic acids is 1. The Bertz CT molecular complexity index is 461. The van der Waals surface area contributed by atoms with Crippen molar-refractivity contribution >= 4 is 23.3 Å². The first-order valence-corrected chi connectivity index (χ1v) is 7.44. The molecule has 0 aliphatic heterocycles. The molecule has 20 heavy (non-hydrogen) atoms. The van der Waals surface area contributed by atoms with Crippen LogP contribution in [0.4, 0.5) is 4.79 Å². The fourth-order valence-electron chi connectivity index (χ4n) is 1.63. The Morgan fingerprint density at radius 3 is 2.70 bits per heavy atom. The molecule has 6 nitrogen and oxygen atoms in total. The fourth-order valence-corrected chi connectivity index (χ4v) is 2.49. The van der Waals surface area contributed by atoms with Crippen molar-refractivity contribution in [3.63, 3.8) is 0 Å². The quantitative estimate of drug-likeness (QED) is 0.719. The van der Waals surface area contributed by atoms with E-state index in [1.165, 1.54) is 4.88 Å². The number of hydrogen-bond acceptors (Lipinski definition) is 4. The Balaban J connectivity index is 2.36. The standard InChI is InChI=1S/C13H21N3O3S/c1-4-10-7-14-12(20-10)9(3)16-13(19)15-6-8(2)5-11(17)18/h7-9H,4-6H2,1-3H3,(H,17,18)(H2,15,16,19). The Morgan fingerprint density at radius 1 is 1.45 bits per heavy atom. The Hall–Kier alpha value is -1.63. The molecule has 2 atom stereocenters. The van der Waals surface area contributed by atoms with Crippen LogP contribution < -0.4 is 10.6 Å². The lowest BCUT2D eigenvalue weighted by Crippen LogP contribution is -2.39. The number of hydrogen-bond donors (Lipinski definition) is 3. The summed E-state index contributed by atoms with van der Waals surface area (Å²) >= 11 is 1.58. The summed E-state index contributed by atoms with van der Waals surface area (Å²) in [5, 5.41) is 15.0. The molecule has 3 N–H and O–H groups in total. The first kappa shape index (κ1) is 16.4. The van der Waals surface area contributed by atoms with Crippen molar-refractivity contribution in [1.82, 2.24) is 15.6 Å². The molecule has 1 rings (SSSR count). The molecule has 1 heterocycles. The van der Waals surface area contributed by atoms with E-state index >= 15 is 0 Å². The van der Waals surface area contributed by atoms with Crippen LogP contribution in [0.3, 0.4) is 0 Å². The number of rotatable bonds is 7. The van der Waals surface area contributed by atoms with Gasteiger partial charge >= 0.3 is 12.0 Å². The monoisotopic (exact) mass is 299 g/mol. The predicted molar refractivity (Wildman–Crippen MR) is 77.9 cm³/mol. The molecule has 0 aliphatic carbocycles. The number of carbonyl (C=O) groups excluding carboxylic acids is 1. The van der Waals surface area contributed by atoms with Gasteiger partial charge in [-0.05, 0) is 19.3 Å². The number of urea groups is 1. The van der Waals surface area contributed by atoms with Gasteiger partial charge in [0, 0.05) is 24.0 Å². The predicted octanol–water partition coefficient (Wildman–Crippen LogP) is 2.18. The zero-order chi connectivity index (χ0) is 15.1. The van der Waals surface area contributed by atoms with Gasteiger partial charge in [0.15, 0.2) is 0 Å². The van der Waals surface area contributed by atoms with E-state index in [-0.39, 0.29) is 24.4 Å². The van der Waals surface area contributed by atoms with Crippen LogP contribution in [0.2, 0.25) is 0 Å². The third-order valence-electron chi connectivity index (χ3n) is 2.77. The highest BCUT2D eigenvalue weighted by Gasteiger charge is 2.14. The molecule has 0 aliphatic rings. The number of nitrogens with zero attached hydrogens (tertiary/aromatic N) is 1. The molecule has 1 aromatic rings. The largest absolute Gasteiger partial charge is 0.481 e. The van der Waals surface area contributed by atoms with E-state index in [4.69, 9.17) is 5.11 Å². The molecule has 0 spiro atoms. The molecule has 1 aromatic heterocycles. The number of amides is 2. The molecule has 0 radical (unpaired) electrons. The summed E-state index contributed by atoms with van der Waals surface area (Å²) in [4.78, 5) is 27.7. The number of aliphatic carboxylic acids is 1. The second-order valence-corrected chi connectivity index (χ2v) is 5.94. The zero-order valence-corrected chi connectivity index (χ0v) is 12.8. The molecule has 2 amide bonds. The second kappa shape index (κ2) is 7.84. The number of aryl methyl sites for hydroxylation is 1. The lowest BCUT2D eigenvalue weighted by atomic mass is 10.1. The third kappa shape index (κ3) is 5.56. The van der Waals surface area contributed by atoms with Gasteiger partial charge in [-0.15, -0.1) is 11.3 Å². The highest BCUT2D eigenvalue weighted by molar-refractivity contribution is 7.11. The molecule has 7 heteroatoms. The average Bonchev–Trinajstić information content (AvgIpc) is 2.84. The Labute approximate surface area is 122 Å². The van der Waals surface area contributed by atoms with Crippen molar-refractivity contribution in [1.29, 1.82) is 0 Å². The van der Waals surface area contributed by atoms with Gasteiger partial charge in [0.25, 0.3) is 0 Å². The molecular weight excluding hydrogens is 278 g/mol. The number of carbonyl (C=O) groups is 2. The molecule has 0 saturated carbocycles. The van der Waals surface area contributed by atoms with Crippen LogP contribution >= 0.6 is 11.3 Å². The average molecular weight is 299 g/mol. The Morgan fingerprint density at radius 2 is 2.15 bits per heavy atom. The van der Waals surface area contributed by atoms with E-state index < -0.39 is 5.97 Å². The molecule has 0 bridgehead atoms. The van der Waals surface area contributed by atoms with Crippen molar-refractivity contribution in [3.05, 3.63) is 16.1 Å². The van der Waals surface area contributed by atoms with Crippen LogP contribution in [0.5, 0.6) is 0 Å².